The minimum absolute atomic E-state index is 0.197. The molecule has 0 spiro atoms. The van der Waals surface area contributed by atoms with Gasteiger partial charge >= 0.3 is 0 Å². The maximum atomic E-state index is 12.2. The molecule has 20 heavy (non-hydrogen) atoms. The van der Waals surface area contributed by atoms with E-state index in [1.165, 1.54) is 0 Å². The van der Waals surface area contributed by atoms with E-state index in [1.807, 2.05) is 39.1 Å². The van der Waals surface area contributed by atoms with E-state index in [0.29, 0.717) is 5.69 Å². The third-order valence-electron chi connectivity index (χ3n) is 3.25. The molecule has 0 atom stereocenters. The number of aryl methyl sites for hydroxylation is 3. The summed E-state index contributed by atoms with van der Waals surface area (Å²) in [5.41, 5.74) is 2.74. The van der Waals surface area contributed by atoms with E-state index in [0.717, 1.165) is 17.7 Å². The molecule has 0 aliphatic carbocycles. The molecule has 5 nitrogen and oxygen atoms in total. The third-order valence-corrected chi connectivity index (χ3v) is 4.65. The maximum Gasteiger partial charge on any atom is 0.240 e. The zero-order valence-corrected chi connectivity index (χ0v) is 12.7. The Kier molecular flexibility index (Phi) is 4.25. The minimum Gasteiger partial charge on any atom is -0.273 e. The molecule has 0 amide bonds. The number of benzene rings is 1. The Morgan fingerprint density at radius 2 is 1.95 bits per heavy atom. The van der Waals surface area contributed by atoms with Gasteiger partial charge < -0.3 is 0 Å². The quantitative estimate of drug-likeness (QED) is 0.917. The number of sulfonamides is 1. The molecule has 6 heteroatoms. The van der Waals surface area contributed by atoms with Gasteiger partial charge in [-0.1, -0.05) is 6.07 Å². The zero-order chi connectivity index (χ0) is 14.8. The molecule has 1 N–H and O–H groups in total. The first-order valence-electron chi connectivity index (χ1n) is 6.51. The molecule has 0 saturated heterocycles. The van der Waals surface area contributed by atoms with Gasteiger partial charge in [0, 0.05) is 12.7 Å². The van der Waals surface area contributed by atoms with Crippen molar-refractivity contribution in [2.45, 2.75) is 38.8 Å². The molecule has 108 valence electrons. The minimum atomic E-state index is -3.49. The van der Waals surface area contributed by atoms with Gasteiger partial charge in [-0.25, -0.2) is 13.1 Å². The standard InChI is InChI=1S/C14H19N3O2S/c1-4-17-8-7-13(16-17)10-15-20(18,19)14-6-5-11(2)12(3)9-14/h5-9,15H,4,10H2,1-3H3. The van der Waals surface area contributed by atoms with Crippen LogP contribution in [0.25, 0.3) is 0 Å². The lowest BCUT2D eigenvalue weighted by atomic mass is 10.1. The van der Waals surface area contributed by atoms with Crippen LogP contribution in [0, 0.1) is 13.8 Å². The lowest BCUT2D eigenvalue weighted by Crippen LogP contribution is -2.23. The lowest BCUT2D eigenvalue weighted by Gasteiger charge is -2.07. The van der Waals surface area contributed by atoms with Crippen molar-refractivity contribution in [3.63, 3.8) is 0 Å². The van der Waals surface area contributed by atoms with Crippen LogP contribution in [0.15, 0.2) is 35.4 Å². The SMILES string of the molecule is CCn1ccc(CNS(=O)(=O)c2ccc(C)c(C)c2)n1. The van der Waals surface area contributed by atoms with E-state index in [4.69, 9.17) is 0 Å². The zero-order valence-electron chi connectivity index (χ0n) is 11.9. The van der Waals surface area contributed by atoms with Crippen LogP contribution in [-0.2, 0) is 23.1 Å². The van der Waals surface area contributed by atoms with Crippen molar-refractivity contribution in [1.82, 2.24) is 14.5 Å². The predicted octanol–water partition coefficient (Wildman–Crippen LogP) is 2.00. The highest BCUT2D eigenvalue weighted by molar-refractivity contribution is 7.89. The molecule has 1 aromatic carbocycles. The lowest BCUT2D eigenvalue weighted by molar-refractivity contribution is 0.578. The Morgan fingerprint density at radius 3 is 2.55 bits per heavy atom. The number of rotatable bonds is 5. The summed E-state index contributed by atoms with van der Waals surface area (Å²) in [6, 6.07) is 6.93. The molecule has 0 aliphatic rings. The van der Waals surface area contributed by atoms with Gasteiger partial charge in [-0.3, -0.25) is 4.68 Å². The first-order chi connectivity index (χ1) is 9.42. The molecule has 0 fully saturated rings. The van der Waals surface area contributed by atoms with Crippen LogP contribution in [-0.4, -0.2) is 18.2 Å². The van der Waals surface area contributed by atoms with E-state index in [1.54, 1.807) is 16.8 Å². The monoisotopic (exact) mass is 293 g/mol. The van der Waals surface area contributed by atoms with Crippen LogP contribution < -0.4 is 4.72 Å². The van der Waals surface area contributed by atoms with Gasteiger partial charge in [-0.2, -0.15) is 5.10 Å². The van der Waals surface area contributed by atoms with E-state index in [2.05, 4.69) is 9.82 Å². The number of nitrogens with zero attached hydrogens (tertiary/aromatic N) is 2. The van der Waals surface area contributed by atoms with Crippen molar-refractivity contribution in [2.24, 2.45) is 0 Å². The Morgan fingerprint density at radius 1 is 1.20 bits per heavy atom. The van der Waals surface area contributed by atoms with Crippen molar-refractivity contribution in [3.8, 4) is 0 Å². The molecule has 0 unspecified atom stereocenters. The van der Waals surface area contributed by atoms with E-state index >= 15 is 0 Å². The number of aromatic nitrogens is 2. The van der Waals surface area contributed by atoms with E-state index in [-0.39, 0.29) is 11.4 Å². The van der Waals surface area contributed by atoms with Gasteiger partial charge in [0.05, 0.1) is 17.1 Å². The highest BCUT2D eigenvalue weighted by atomic mass is 32.2. The van der Waals surface area contributed by atoms with Gasteiger partial charge in [-0.15, -0.1) is 0 Å². The second-order valence-electron chi connectivity index (χ2n) is 4.73. The van der Waals surface area contributed by atoms with Crippen molar-refractivity contribution >= 4 is 10.0 Å². The van der Waals surface area contributed by atoms with Gasteiger partial charge in [0.15, 0.2) is 0 Å². The first kappa shape index (κ1) is 14.7. The van der Waals surface area contributed by atoms with Crippen molar-refractivity contribution in [1.29, 1.82) is 0 Å². The van der Waals surface area contributed by atoms with Crippen molar-refractivity contribution in [2.75, 3.05) is 0 Å². The molecule has 1 aromatic heterocycles. The Bertz CT molecular complexity index is 705. The summed E-state index contributed by atoms with van der Waals surface area (Å²) in [5.74, 6) is 0. The average molecular weight is 293 g/mol. The summed E-state index contributed by atoms with van der Waals surface area (Å²) in [6.07, 6.45) is 1.83. The van der Waals surface area contributed by atoms with Crippen LogP contribution in [0.1, 0.15) is 23.7 Å². The summed E-state index contributed by atoms with van der Waals surface area (Å²) in [5, 5.41) is 4.25. The molecule has 1 heterocycles. The molecule has 2 aromatic rings. The molecule has 0 aliphatic heterocycles. The van der Waals surface area contributed by atoms with Crippen LogP contribution in [0.2, 0.25) is 0 Å². The molecule has 0 bridgehead atoms. The summed E-state index contributed by atoms with van der Waals surface area (Å²) >= 11 is 0. The first-order valence-corrected chi connectivity index (χ1v) is 8.00. The molecular formula is C14H19N3O2S. The summed E-state index contributed by atoms with van der Waals surface area (Å²) in [7, 11) is -3.49. The highest BCUT2D eigenvalue weighted by Crippen LogP contribution is 2.14. The van der Waals surface area contributed by atoms with E-state index < -0.39 is 10.0 Å². The summed E-state index contributed by atoms with van der Waals surface area (Å²) in [6.45, 7) is 6.80. The van der Waals surface area contributed by atoms with Gasteiger partial charge in [-0.05, 0) is 50.1 Å². The third kappa shape index (κ3) is 3.26. The van der Waals surface area contributed by atoms with Crippen LogP contribution in [0.3, 0.4) is 0 Å². The smallest absolute Gasteiger partial charge is 0.240 e. The number of nitrogens with one attached hydrogen (secondary N) is 1. The summed E-state index contributed by atoms with van der Waals surface area (Å²) < 4.78 is 28.7. The fourth-order valence-electron chi connectivity index (χ4n) is 1.81. The van der Waals surface area contributed by atoms with Crippen molar-refractivity contribution in [3.05, 3.63) is 47.3 Å². The van der Waals surface area contributed by atoms with Crippen LogP contribution in [0.5, 0.6) is 0 Å². The second-order valence-corrected chi connectivity index (χ2v) is 6.50. The molecular weight excluding hydrogens is 274 g/mol. The topological polar surface area (TPSA) is 64.0 Å². The Hall–Kier alpha value is -1.66. The van der Waals surface area contributed by atoms with E-state index in [9.17, 15) is 8.42 Å². The Labute approximate surface area is 119 Å². The summed E-state index contributed by atoms with van der Waals surface area (Å²) in [4.78, 5) is 0.288. The predicted molar refractivity (Wildman–Crippen MR) is 77.8 cm³/mol. The number of hydrogen-bond acceptors (Lipinski definition) is 3. The molecule has 2 rings (SSSR count). The highest BCUT2D eigenvalue weighted by Gasteiger charge is 2.14. The number of hydrogen-bond donors (Lipinski definition) is 1. The average Bonchev–Trinajstić information content (AvgIpc) is 2.87. The maximum absolute atomic E-state index is 12.2. The molecule has 0 radical (unpaired) electrons. The second kappa shape index (κ2) is 5.76. The van der Waals surface area contributed by atoms with Crippen LogP contribution in [0.4, 0.5) is 0 Å². The largest absolute Gasteiger partial charge is 0.273 e. The van der Waals surface area contributed by atoms with Crippen LogP contribution >= 0.6 is 0 Å². The molecule has 0 saturated carbocycles. The van der Waals surface area contributed by atoms with Gasteiger partial charge in [0.2, 0.25) is 10.0 Å². The fourth-order valence-corrected chi connectivity index (χ4v) is 2.89. The van der Waals surface area contributed by atoms with Gasteiger partial charge in [0.25, 0.3) is 0 Å². The fraction of sp³-hybridized carbons (Fsp3) is 0.357. The normalized spacial score (nSPS) is 11.8. The van der Waals surface area contributed by atoms with Gasteiger partial charge in [0.1, 0.15) is 0 Å². The Balaban J connectivity index is 2.12. The van der Waals surface area contributed by atoms with Crippen molar-refractivity contribution < 1.29 is 8.42 Å².